The predicted molar refractivity (Wildman–Crippen MR) is 56.9 cm³/mol. The standard InChI is InChI=1S/C12H19F3O2/c1-2-17-8-5-6-3-4-7(16)10(13)9(6)12(15)11(8)14/h6-12,16H,2-5H2,1H3. The molecule has 7 atom stereocenters. The SMILES string of the molecule is CCOC1CC2CCC(O)C(F)C2C(F)C1F. The van der Waals surface area contributed by atoms with Crippen molar-refractivity contribution in [3.05, 3.63) is 0 Å². The van der Waals surface area contributed by atoms with Crippen LogP contribution < -0.4 is 0 Å². The number of rotatable bonds is 2. The van der Waals surface area contributed by atoms with Gasteiger partial charge in [0, 0.05) is 12.5 Å². The van der Waals surface area contributed by atoms with Crippen molar-refractivity contribution < 1.29 is 23.0 Å². The minimum absolute atomic E-state index is 0.216. The van der Waals surface area contributed by atoms with Crippen LogP contribution in [0.1, 0.15) is 26.2 Å². The summed E-state index contributed by atoms with van der Waals surface area (Å²) >= 11 is 0. The smallest absolute Gasteiger partial charge is 0.157 e. The van der Waals surface area contributed by atoms with Crippen LogP contribution in [0.3, 0.4) is 0 Å². The van der Waals surface area contributed by atoms with Crippen LogP contribution in [-0.4, -0.2) is 42.4 Å². The lowest BCUT2D eigenvalue weighted by atomic mass is 9.66. The fourth-order valence-corrected chi connectivity index (χ4v) is 3.18. The molecule has 2 rings (SSSR count). The maximum absolute atomic E-state index is 13.9. The molecule has 1 N–H and O–H groups in total. The second-order valence-electron chi connectivity index (χ2n) is 5.04. The van der Waals surface area contributed by atoms with Crippen LogP contribution in [0.25, 0.3) is 0 Å². The van der Waals surface area contributed by atoms with Gasteiger partial charge in [0.2, 0.25) is 0 Å². The summed E-state index contributed by atoms with van der Waals surface area (Å²) < 4.78 is 46.6. The third-order valence-corrected chi connectivity index (χ3v) is 4.06. The van der Waals surface area contributed by atoms with Gasteiger partial charge in [0.15, 0.2) is 6.17 Å². The number of ether oxygens (including phenoxy) is 1. The molecule has 2 aliphatic rings. The van der Waals surface area contributed by atoms with E-state index in [0.717, 1.165) is 0 Å². The minimum atomic E-state index is -1.87. The van der Waals surface area contributed by atoms with Crippen molar-refractivity contribution in [3.63, 3.8) is 0 Å². The van der Waals surface area contributed by atoms with Gasteiger partial charge in [-0.3, -0.25) is 0 Å². The van der Waals surface area contributed by atoms with E-state index in [1.807, 2.05) is 0 Å². The molecular weight excluding hydrogens is 233 g/mol. The average Bonchev–Trinajstić information content (AvgIpc) is 2.30. The van der Waals surface area contributed by atoms with Crippen LogP contribution >= 0.6 is 0 Å². The van der Waals surface area contributed by atoms with Crippen molar-refractivity contribution >= 4 is 0 Å². The van der Waals surface area contributed by atoms with Gasteiger partial charge in [-0.15, -0.1) is 0 Å². The van der Waals surface area contributed by atoms with Gasteiger partial charge in [0.05, 0.1) is 12.2 Å². The Balaban J connectivity index is 2.11. The Morgan fingerprint density at radius 3 is 2.47 bits per heavy atom. The highest BCUT2D eigenvalue weighted by molar-refractivity contribution is 5.00. The van der Waals surface area contributed by atoms with Gasteiger partial charge in [0.25, 0.3) is 0 Å². The van der Waals surface area contributed by atoms with Crippen molar-refractivity contribution in [2.24, 2.45) is 11.8 Å². The summed E-state index contributed by atoms with van der Waals surface area (Å²) in [4.78, 5) is 0. The van der Waals surface area contributed by atoms with Crippen LogP contribution in [0, 0.1) is 11.8 Å². The lowest BCUT2D eigenvalue weighted by Crippen LogP contribution is -2.55. The van der Waals surface area contributed by atoms with Crippen LogP contribution in [0.5, 0.6) is 0 Å². The summed E-state index contributed by atoms with van der Waals surface area (Å²) in [6.07, 6.45) is -5.98. The zero-order chi connectivity index (χ0) is 12.6. The van der Waals surface area contributed by atoms with Gasteiger partial charge >= 0.3 is 0 Å². The number of halogens is 3. The first-order valence-electron chi connectivity index (χ1n) is 6.28. The van der Waals surface area contributed by atoms with Crippen LogP contribution in [0.2, 0.25) is 0 Å². The van der Waals surface area contributed by atoms with E-state index in [4.69, 9.17) is 4.74 Å². The fraction of sp³-hybridized carbons (Fsp3) is 1.00. The number of alkyl halides is 3. The molecule has 2 fully saturated rings. The van der Waals surface area contributed by atoms with Gasteiger partial charge in [0.1, 0.15) is 12.3 Å². The molecule has 7 unspecified atom stereocenters. The van der Waals surface area contributed by atoms with Crippen molar-refractivity contribution in [1.29, 1.82) is 0 Å². The number of fused-ring (bicyclic) bond motifs is 1. The largest absolute Gasteiger partial charge is 0.390 e. The molecule has 5 heteroatoms. The third-order valence-electron chi connectivity index (χ3n) is 4.06. The predicted octanol–water partition coefficient (Wildman–Crippen LogP) is 2.20. The first-order valence-corrected chi connectivity index (χ1v) is 6.28. The van der Waals surface area contributed by atoms with E-state index in [-0.39, 0.29) is 5.92 Å². The molecular formula is C12H19F3O2. The average molecular weight is 252 g/mol. The first-order chi connectivity index (χ1) is 8.06. The maximum Gasteiger partial charge on any atom is 0.157 e. The van der Waals surface area contributed by atoms with Crippen LogP contribution in [0.15, 0.2) is 0 Å². The van der Waals surface area contributed by atoms with Crippen molar-refractivity contribution in [2.45, 2.75) is 56.9 Å². The lowest BCUT2D eigenvalue weighted by molar-refractivity contribution is -0.139. The Morgan fingerprint density at radius 1 is 1.12 bits per heavy atom. The molecule has 17 heavy (non-hydrogen) atoms. The maximum atomic E-state index is 13.9. The van der Waals surface area contributed by atoms with E-state index in [2.05, 4.69) is 0 Å². The van der Waals surface area contributed by atoms with Crippen LogP contribution in [-0.2, 0) is 4.74 Å². The van der Waals surface area contributed by atoms with E-state index in [9.17, 15) is 18.3 Å². The van der Waals surface area contributed by atoms with Crippen molar-refractivity contribution in [1.82, 2.24) is 0 Å². The summed E-state index contributed by atoms with van der Waals surface area (Å²) in [5.41, 5.74) is 0. The van der Waals surface area contributed by atoms with E-state index in [0.29, 0.717) is 25.9 Å². The second kappa shape index (κ2) is 5.14. The molecule has 0 aromatic carbocycles. The summed E-state index contributed by atoms with van der Waals surface area (Å²) in [6.45, 7) is 2.06. The zero-order valence-electron chi connectivity index (χ0n) is 9.86. The molecule has 0 amide bonds. The molecule has 0 aromatic rings. The molecule has 2 saturated carbocycles. The number of aliphatic hydroxyl groups excluding tert-OH is 1. The highest BCUT2D eigenvalue weighted by Gasteiger charge is 2.52. The monoisotopic (exact) mass is 252 g/mol. The number of hydrogen-bond acceptors (Lipinski definition) is 2. The number of hydrogen-bond donors (Lipinski definition) is 1. The Morgan fingerprint density at radius 2 is 1.82 bits per heavy atom. The minimum Gasteiger partial charge on any atom is -0.390 e. The molecule has 2 aliphatic carbocycles. The Hall–Kier alpha value is -0.290. The normalized spacial score (nSPS) is 51.0. The van der Waals surface area contributed by atoms with Crippen molar-refractivity contribution in [2.75, 3.05) is 6.61 Å². The number of aliphatic hydroxyl groups is 1. The van der Waals surface area contributed by atoms with Gasteiger partial charge in [-0.1, -0.05) is 0 Å². The summed E-state index contributed by atoms with van der Waals surface area (Å²) in [6, 6.07) is 0. The van der Waals surface area contributed by atoms with E-state index < -0.39 is 36.6 Å². The third kappa shape index (κ3) is 2.32. The molecule has 0 bridgehead atoms. The Labute approximate surface area is 99.1 Å². The van der Waals surface area contributed by atoms with Gasteiger partial charge < -0.3 is 9.84 Å². The molecule has 100 valence electrons. The molecule has 2 nitrogen and oxygen atoms in total. The van der Waals surface area contributed by atoms with E-state index in [1.165, 1.54) is 0 Å². The van der Waals surface area contributed by atoms with Gasteiger partial charge in [-0.25, -0.2) is 13.2 Å². The highest BCUT2D eigenvalue weighted by Crippen LogP contribution is 2.45. The van der Waals surface area contributed by atoms with E-state index >= 15 is 0 Å². The molecule has 0 spiro atoms. The first kappa shape index (κ1) is 13.1. The molecule has 0 saturated heterocycles. The lowest BCUT2D eigenvalue weighted by Gasteiger charge is -2.45. The Kier molecular flexibility index (Phi) is 3.98. The topological polar surface area (TPSA) is 29.5 Å². The summed E-state index contributed by atoms with van der Waals surface area (Å²) in [5.74, 6) is -1.22. The van der Waals surface area contributed by atoms with Gasteiger partial charge in [-0.05, 0) is 32.1 Å². The molecule has 0 heterocycles. The molecule has 0 aliphatic heterocycles. The second-order valence-corrected chi connectivity index (χ2v) is 5.04. The highest BCUT2D eigenvalue weighted by atomic mass is 19.2. The quantitative estimate of drug-likeness (QED) is 0.816. The summed E-state index contributed by atoms with van der Waals surface area (Å²) in [7, 11) is 0. The molecule has 0 radical (unpaired) electrons. The van der Waals surface area contributed by atoms with Gasteiger partial charge in [-0.2, -0.15) is 0 Å². The molecule has 0 aromatic heterocycles. The fourth-order valence-electron chi connectivity index (χ4n) is 3.18. The Bertz CT molecular complexity index is 262. The zero-order valence-corrected chi connectivity index (χ0v) is 9.86. The van der Waals surface area contributed by atoms with Crippen molar-refractivity contribution in [3.8, 4) is 0 Å². The van der Waals surface area contributed by atoms with Crippen LogP contribution in [0.4, 0.5) is 13.2 Å². The van der Waals surface area contributed by atoms with E-state index in [1.54, 1.807) is 6.92 Å². The summed E-state index contributed by atoms with van der Waals surface area (Å²) in [5, 5.41) is 9.39.